The smallest absolute Gasteiger partial charge is 0.303 e. The molecule has 1 heterocycles. The van der Waals surface area contributed by atoms with Crippen molar-refractivity contribution in [1.29, 1.82) is 0 Å². The van der Waals surface area contributed by atoms with Crippen LogP contribution in [0.15, 0.2) is 18.3 Å². The second kappa shape index (κ2) is 6.48. The first-order valence-electron chi connectivity index (χ1n) is 5.66. The maximum atomic E-state index is 11.7. The summed E-state index contributed by atoms with van der Waals surface area (Å²) in [6, 6.07) is 2.79. The molecule has 1 rings (SSSR count). The van der Waals surface area contributed by atoms with Crippen LogP contribution in [0.1, 0.15) is 34.2 Å². The molecule has 4 N–H and O–H groups in total. The van der Waals surface area contributed by atoms with Crippen LogP contribution in [-0.4, -0.2) is 34.4 Å². The topological polar surface area (TPSA) is 122 Å². The van der Waals surface area contributed by atoms with Crippen molar-refractivity contribution in [2.75, 3.05) is 6.54 Å². The van der Waals surface area contributed by atoms with Gasteiger partial charge in [0.05, 0.1) is 5.56 Å². The number of amides is 2. The zero-order valence-electron chi connectivity index (χ0n) is 10.4. The Morgan fingerprint density at radius 3 is 2.58 bits per heavy atom. The van der Waals surface area contributed by atoms with Crippen LogP contribution in [0.3, 0.4) is 0 Å². The van der Waals surface area contributed by atoms with Crippen molar-refractivity contribution in [1.82, 2.24) is 10.3 Å². The molecule has 0 radical (unpaired) electrons. The summed E-state index contributed by atoms with van der Waals surface area (Å²) >= 11 is 0. The molecule has 1 aromatic rings. The number of carbonyl (C=O) groups excluding carboxylic acids is 2. The van der Waals surface area contributed by atoms with Crippen LogP contribution < -0.4 is 11.1 Å². The van der Waals surface area contributed by atoms with Gasteiger partial charge in [-0.2, -0.15) is 0 Å². The number of nitrogens with one attached hydrogen (secondary N) is 1. The van der Waals surface area contributed by atoms with E-state index in [1.54, 1.807) is 6.92 Å². The Hall–Kier alpha value is -2.44. The first-order chi connectivity index (χ1) is 8.90. The Morgan fingerprint density at radius 1 is 1.42 bits per heavy atom. The molecule has 0 bridgehead atoms. The molecule has 19 heavy (non-hydrogen) atoms. The minimum Gasteiger partial charge on any atom is -0.481 e. The molecule has 0 fully saturated rings. The number of primary amides is 1. The summed E-state index contributed by atoms with van der Waals surface area (Å²) in [6.45, 7) is 1.96. The SMILES string of the molecule is CC(CNC(=O)c1ccc(C(N)=O)cn1)CC(=O)O. The minimum atomic E-state index is -0.911. The van der Waals surface area contributed by atoms with Crippen molar-refractivity contribution in [3.8, 4) is 0 Å². The fourth-order valence-corrected chi connectivity index (χ4v) is 1.40. The van der Waals surface area contributed by atoms with Crippen molar-refractivity contribution >= 4 is 17.8 Å². The zero-order chi connectivity index (χ0) is 14.4. The number of carboxylic acid groups (broad SMARTS) is 1. The van der Waals surface area contributed by atoms with Gasteiger partial charge in [-0.1, -0.05) is 6.92 Å². The molecule has 0 aliphatic rings. The Morgan fingerprint density at radius 2 is 2.11 bits per heavy atom. The molecule has 1 atom stereocenters. The van der Waals surface area contributed by atoms with Crippen LogP contribution in [0.2, 0.25) is 0 Å². The van der Waals surface area contributed by atoms with Gasteiger partial charge in [0, 0.05) is 19.2 Å². The lowest BCUT2D eigenvalue weighted by Crippen LogP contribution is -2.29. The van der Waals surface area contributed by atoms with Crippen molar-refractivity contribution in [2.45, 2.75) is 13.3 Å². The van der Waals surface area contributed by atoms with E-state index in [0.717, 1.165) is 0 Å². The molecular formula is C12H15N3O4. The zero-order valence-corrected chi connectivity index (χ0v) is 10.4. The van der Waals surface area contributed by atoms with E-state index in [2.05, 4.69) is 10.3 Å². The third-order valence-corrected chi connectivity index (χ3v) is 2.41. The second-order valence-corrected chi connectivity index (χ2v) is 4.21. The number of carbonyl (C=O) groups is 3. The van der Waals surface area contributed by atoms with Crippen molar-refractivity contribution in [3.05, 3.63) is 29.6 Å². The molecule has 1 aromatic heterocycles. The van der Waals surface area contributed by atoms with Gasteiger partial charge in [-0.05, 0) is 18.1 Å². The molecule has 2 amide bonds. The van der Waals surface area contributed by atoms with Gasteiger partial charge in [-0.25, -0.2) is 0 Å². The molecule has 7 nitrogen and oxygen atoms in total. The van der Waals surface area contributed by atoms with Crippen molar-refractivity contribution in [2.24, 2.45) is 11.7 Å². The van der Waals surface area contributed by atoms with E-state index in [0.29, 0.717) is 0 Å². The number of pyridine rings is 1. The third-order valence-electron chi connectivity index (χ3n) is 2.41. The summed E-state index contributed by atoms with van der Waals surface area (Å²) in [4.78, 5) is 36.8. The lowest BCUT2D eigenvalue weighted by molar-refractivity contribution is -0.137. The number of carboxylic acids is 1. The van der Waals surface area contributed by atoms with E-state index >= 15 is 0 Å². The molecule has 0 aromatic carbocycles. The van der Waals surface area contributed by atoms with Gasteiger partial charge in [0.1, 0.15) is 5.69 Å². The molecule has 0 spiro atoms. The highest BCUT2D eigenvalue weighted by molar-refractivity contribution is 5.95. The van der Waals surface area contributed by atoms with Gasteiger partial charge in [0.2, 0.25) is 5.91 Å². The maximum absolute atomic E-state index is 11.7. The third kappa shape index (κ3) is 4.74. The first-order valence-corrected chi connectivity index (χ1v) is 5.66. The van der Waals surface area contributed by atoms with Crippen LogP contribution in [0.5, 0.6) is 0 Å². The summed E-state index contributed by atoms with van der Waals surface area (Å²) in [5.41, 5.74) is 5.41. The highest BCUT2D eigenvalue weighted by Crippen LogP contribution is 2.02. The van der Waals surface area contributed by atoms with Gasteiger partial charge < -0.3 is 16.2 Å². The standard InChI is InChI=1S/C12H15N3O4/c1-7(4-10(16)17)5-15-12(19)9-3-2-8(6-14-9)11(13)18/h2-3,6-7H,4-5H2,1H3,(H2,13,18)(H,15,19)(H,16,17). The number of hydrogen-bond donors (Lipinski definition) is 3. The average Bonchev–Trinajstić information content (AvgIpc) is 2.35. The highest BCUT2D eigenvalue weighted by Gasteiger charge is 2.12. The van der Waals surface area contributed by atoms with Crippen LogP contribution in [-0.2, 0) is 4.79 Å². The number of aliphatic carboxylic acids is 1. The molecule has 0 saturated heterocycles. The summed E-state index contributed by atoms with van der Waals surface area (Å²) in [6.07, 6.45) is 1.20. The van der Waals surface area contributed by atoms with Crippen LogP contribution in [0.25, 0.3) is 0 Å². The molecule has 0 saturated carbocycles. The maximum Gasteiger partial charge on any atom is 0.303 e. The summed E-state index contributed by atoms with van der Waals surface area (Å²) in [5, 5.41) is 11.2. The fraction of sp³-hybridized carbons (Fsp3) is 0.333. The fourth-order valence-electron chi connectivity index (χ4n) is 1.40. The number of hydrogen-bond acceptors (Lipinski definition) is 4. The van der Waals surface area contributed by atoms with Gasteiger partial charge in [-0.15, -0.1) is 0 Å². The quantitative estimate of drug-likeness (QED) is 0.669. The number of aromatic nitrogens is 1. The molecule has 7 heteroatoms. The Balaban J connectivity index is 2.54. The minimum absolute atomic E-state index is 0.0195. The largest absolute Gasteiger partial charge is 0.481 e. The molecule has 0 aliphatic heterocycles. The van der Waals surface area contributed by atoms with E-state index in [-0.39, 0.29) is 30.1 Å². The van der Waals surface area contributed by atoms with E-state index < -0.39 is 17.8 Å². The van der Waals surface area contributed by atoms with E-state index in [4.69, 9.17) is 10.8 Å². The van der Waals surface area contributed by atoms with E-state index in [1.165, 1.54) is 18.3 Å². The lowest BCUT2D eigenvalue weighted by atomic mass is 10.1. The number of nitrogens with zero attached hydrogens (tertiary/aromatic N) is 1. The summed E-state index contributed by atoms with van der Waals surface area (Å²) < 4.78 is 0. The normalized spacial score (nSPS) is 11.6. The Kier molecular flexibility index (Phi) is 4.99. The van der Waals surface area contributed by atoms with Crippen molar-refractivity contribution < 1.29 is 19.5 Å². The summed E-state index contributed by atoms with van der Waals surface area (Å²) in [7, 11) is 0. The van der Waals surface area contributed by atoms with Crippen LogP contribution >= 0.6 is 0 Å². The number of nitrogens with two attached hydrogens (primary N) is 1. The predicted molar refractivity (Wildman–Crippen MR) is 66.5 cm³/mol. The average molecular weight is 265 g/mol. The number of rotatable bonds is 6. The lowest BCUT2D eigenvalue weighted by Gasteiger charge is -2.09. The highest BCUT2D eigenvalue weighted by atomic mass is 16.4. The van der Waals surface area contributed by atoms with Crippen LogP contribution in [0.4, 0.5) is 0 Å². The van der Waals surface area contributed by atoms with Gasteiger partial charge in [0.15, 0.2) is 0 Å². The molecule has 0 aliphatic carbocycles. The van der Waals surface area contributed by atoms with Crippen molar-refractivity contribution in [3.63, 3.8) is 0 Å². The molecular weight excluding hydrogens is 250 g/mol. The van der Waals surface area contributed by atoms with Crippen LogP contribution in [0, 0.1) is 5.92 Å². The predicted octanol–water partition coefficient (Wildman–Crippen LogP) is 0.0211. The first kappa shape index (κ1) is 14.6. The second-order valence-electron chi connectivity index (χ2n) is 4.21. The van der Waals surface area contributed by atoms with Gasteiger partial charge >= 0.3 is 5.97 Å². The molecule has 1 unspecified atom stereocenters. The Bertz CT molecular complexity index is 484. The summed E-state index contributed by atoms with van der Waals surface area (Å²) in [5.74, 6) is -2.13. The van der Waals surface area contributed by atoms with E-state index in [1.807, 2.05) is 0 Å². The van der Waals surface area contributed by atoms with E-state index in [9.17, 15) is 14.4 Å². The molecule has 102 valence electrons. The monoisotopic (exact) mass is 265 g/mol. The van der Waals surface area contributed by atoms with Gasteiger partial charge in [0.25, 0.3) is 5.91 Å². The Labute approximate surface area is 109 Å². The van der Waals surface area contributed by atoms with Gasteiger partial charge in [-0.3, -0.25) is 19.4 Å².